The van der Waals surface area contributed by atoms with Crippen molar-refractivity contribution in [2.24, 2.45) is 11.8 Å². The highest BCUT2D eigenvalue weighted by Crippen LogP contribution is 2.32. The van der Waals surface area contributed by atoms with E-state index in [1.54, 1.807) is 24.3 Å². The summed E-state index contributed by atoms with van der Waals surface area (Å²) in [6, 6.07) is 18.7. The van der Waals surface area contributed by atoms with Crippen molar-refractivity contribution in [2.45, 2.75) is 58.0 Å². The summed E-state index contributed by atoms with van der Waals surface area (Å²) in [4.78, 5) is 22.0. The molecule has 36 heavy (non-hydrogen) atoms. The van der Waals surface area contributed by atoms with Crippen molar-refractivity contribution in [3.8, 4) is 12.1 Å². The number of carbonyl (C=O) groups is 2. The quantitative estimate of drug-likeness (QED) is 0.513. The SMILES string of the molecule is CCOC(=O)C1CC(OCc2ccc(C#N)cc2)C1.N#Cc1ccc(COC2CC(C(=O)O)C2)cc1. The van der Waals surface area contributed by atoms with Crippen molar-refractivity contribution in [1.29, 1.82) is 10.5 Å². The van der Waals surface area contributed by atoms with E-state index in [4.69, 9.17) is 29.8 Å². The molecule has 0 radical (unpaired) electrons. The highest BCUT2D eigenvalue weighted by atomic mass is 16.5. The van der Waals surface area contributed by atoms with E-state index < -0.39 is 5.97 Å². The minimum atomic E-state index is -0.733. The molecule has 2 aliphatic carbocycles. The molecule has 0 heterocycles. The third kappa shape index (κ3) is 7.91. The Kier molecular flexibility index (Phi) is 10.00. The first-order valence-electron chi connectivity index (χ1n) is 12.0. The first kappa shape index (κ1) is 26.9. The Hall–Kier alpha value is -3.72. The molecule has 0 amide bonds. The van der Waals surface area contributed by atoms with E-state index in [2.05, 4.69) is 12.1 Å². The molecule has 2 fully saturated rings. The van der Waals surface area contributed by atoms with Gasteiger partial charge in [-0.3, -0.25) is 9.59 Å². The molecular formula is C28H30N2O6. The Morgan fingerprint density at radius 1 is 0.806 bits per heavy atom. The van der Waals surface area contributed by atoms with Gasteiger partial charge in [-0.05, 0) is 68.0 Å². The van der Waals surface area contributed by atoms with Crippen LogP contribution >= 0.6 is 0 Å². The number of hydrogen-bond donors (Lipinski definition) is 1. The molecule has 2 aromatic rings. The Labute approximate surface area is 211 Å². The summed E-state index contributed by atoms with van der Waals surface area (Å²) in [5.41, 5.74) is 3.32. The van der Waals surface area contributed by atoms with E-state index in [1.165, 1.54) is 0 Å². The van der Waals surface area contributed by atoms with Crippen LogP contribution in [0, 0.1) is 34.5 Å². The molecule has 0 spiro atoms. The number of aliphatic carboxylic acids is 1. The highest BCUT2D eigenvalue weighted by Gasteiger charge is 2.36. The molecule has 8 heteroatoms. The number of esters is 1. The molecule has 2 saturated carbocycles. The summed E-state index contributed by atoms with van der Waals surface area (Å²) in [6.07, 6.45) is 2.90. The fraction of sp³-hybridized carbons (Fsp3) is 0.429. The summed E-state index contributed by atoms with van der Waals surface area (Å²) in [6.45, 7) is 3.25. The lowest BCUT2D eigenvalue weighted by Gasteiger charge is -2.33. The first-order chi connectivity index (χ1) is 17.4. The Morgan fingerprint density at radius 2 is 1.22 bits per heavy atom. The molecule has 0 aromatic heterocycles. The number of nitriles is 2. The van der Waals surface area contributed by atoms with Gasteiger partial charge in [-0.1, -0.05) is 24.3 Å². The molecule has 8 nitrogen and oxygen atoms in total. The predicted octanol–water partition coefficient (Wildman–Crippen LogP) is 4.35. The van der Waals surface area contributed by atoms with Gasteiger partial charge in [0.1, 0.15) is 0 Å². The van der Waals surface area contributed by atoms with Crippen LogP contribution in [0.5, 0.6) is 0 Å². The van der Waals surface area contributed by atoms with Crippen molar-refractivity contribution in [1.82, 2.24) is 0 Å². The number of rotatable bonds is 9. The molecule has 0 atom stereocenters. The number of carboxylic acid groups (broad SMARTS) is 1. The van der Waals surface area contributed by atoms with E-state index in [0.717, 1.165) is 24.0 Å². The Bertz CT molecular complexity index is 1090. The second-order valence-corrected chi connectivity index (χ2v) is 8.91. The number of hydrogen-bond acceptors (Lipinski definition) is 7. The maximum absolute atomic E-state index is 11.4. The average Bonchev–Trinajstić information content (AvgIpc) is 2.83. The van der Waals surface area contributed by atoms with Gasteiger partial charge in [-0.15, -0.1) is 0 Å². The lowest BCUT2D eigenvalue weighted by Crippen LogP contribution is -2.37. The van der Waals surface area contributed by atoms with Crippen LogP contribution < -0.4 is 0 Å². The predicted molar refractivity (Wildman–Crippen MR) is 129 cm³/mol. The summed E-state index contributed by atoms with van der Waals surface area (Å²) in [7, 11) is 0. The van der Waals surface area contributed by atoms with Crippen LogP contribution in [0.2, 0.25) is 0 Å². The largest absolute Gasteiger partial charge is 0.481 e. The molecule has 0 bridgehead atoms. The summed E-state index contributed by atoms with van der Waals surface area (Å²) in [5.74, 6) is -1.07. The lowest BCUT2D eigenvalue weighted by atomic mass is 9.82. The Balaban J connectivity index is 0.000000202. The van der Waals surface area contributed by atoms with Gasteiger partial charge in [0.15, 0.2) is 0 Å². The molecule has 0 unspecified atom stereocenters. The first-order valence-corrected chi connectivity index (χ1v) is 12.0. The van der Waals surface area contributed by atoms with Gasteiger partial charge < -0.3 is 19.3 Å². The second kappa shape index (κ2) is 13.4. The zero-order valence-corrected chi connectivity index (χ0v) is 20.3. The lowest BCUT2D eigenvalue weighted by molar-refractivity contribution is -0.158. The fourth-order valence-corrected chi connectivity index (χ4v) is 3.84. The van der Waals surface area contributed by atoms with Crippen LogP contribution in [-0.4, -0.2) is 35.9 Å². The molecular weight excluding hydrogens is 460 g/mol. The summed E-state index contributed by atoms with van der Waals surface area (Å²) < 4.78 is 16.2. The molecule has 0 aliphatic heterocycles. The zero-order chi connectivity index (χ0) is 25.9. The molecule has 188 valence electrons. The van der Waals surface area contributed by atoms with Crippen LogP contribution in [0.15, 0.2) is 48.5 Å². The van der Waals surface area contributed by atoms with Gasteiger partial charge in [0, 0.05) is 0 Å². The Morgan fingerprint density at radius 3 is 1.58 bits per heavy atom. The average molecular weight is 491 g/mol. The molecule has 0 saturated heterocycles. The van der Waals surface area contributed by atoms with Gasteiger partial charge in [-0.2, -0.15) is 10.5 Å². The normalized spacial score (nSPS) is 21.9. The topological polar surface area (TPSA) is 130 Å². The molecule has 2 aliphatic rings. The van der Waals surface area contributed by atoms with Crippen molar-refractivity contribution in [3.05, 3.63) is 70.8 Å². The highest BCUT2D eigenvalue weighted by molar-refractivity contribution is 5.73. The van der Waals surface area contributed by atoms with Crippen LogP contribution in [0.25, 0.3) is 0 Å². The maximum Gasteiger partial charge on any atom is 0.309 e. The minimum absolute atomic E-state index is 0.00548. The fourth-order valence-electron chi connectivity index (χ4n) is 3.84. The van der Waals surface area contributed by atoms with E-state index in [1.807, 2.05) is 31.2 Å². The van der Waals surface area contributed by atoms with Crippen molar-refractivity contribution >= 4 is 11.9 Å². The van der Waals surface area contributed by atoms with Gasteiger partial charge in [0.25, 0.3) is 0 Å². The van der Waals surface area contributed by atoms with Gasteiger partial charge in [0.05, 0.1) is 67.1 Å². The minimum Gasteiger partial charge on any atom is -0.481 e. The second-order valence-electron chi connectivity index (χ2n) is 8.91. The summed E-state index contributed by atoms with van der Waals surface area (Å²) >= 11 is 0. The number of ether oxygens (including phenoxy) is 3. The van der Waals surface area contributed by atoms with Gasteiger partial charge >= 0.3 is 11.9 Å². The van der Waals surface area contributed by atoms with Crippen LogP contribution in [0.4, 0.5) is 0 Å². The van der Waals surface area contributed by atoms with Crippen molar-refractivity contribution in [2.75, 3.05) is 6.61 Å². The molecule has 2 aromatic carbocycles. The standard InChI is InChI=1S/C15H17NO3.C13H13NO3/c1-2-18-15(17)13-7-14(8-13)19-10-12-5-3-11(9-16)4-6-12;14-7-9-1-3-10(4-2-9)8-17-12-5-11(6-12)13(15)16/h3-6,13-14H,2,7-8,10H2,1H3;1-4,11-12H,5-6,8H2,(H,15,16). The number of carbonyl (C=O) groups excluding carboxylic acids is 1. The number of nitrogens with zero attached hydrogens (tertiary/aromatic N) is 2. The van der Waals surface area contributed by atoms with Crippen molar-refractivity contribution in [3.63, 3.8) is 0 Å². The van der Waals surface area contributed by atoms with Gasteiger partial charge in [0.2, 0.25) is 0 Å². The van der Waals surface area contributed by atoms with Crippen LogP contribution in [-0.2, 0) is 37.0 Å². The van der Waals surface area contributed by atoms with Gasteiger partial charge in [-0.25, -0.2) is 0 Å². The zero-order valence-electron chi connectivity index (χ0n) is 20.3. The molecule has 4 rings (SSSR count). The third-order valence-electron chi connectivity index (χ3n) is 6.30. The van der Waals surface area contributed by atoms with Crippen molar-refractivity contribution < 1.29 is 28.9 Å². The van der Waals surface area contributed by atoms with Crippen LogP contribution in [0.3, 0.4) is 0 Å². The van der Waals surface area contributed by atoms with E-state index in [9.17, 15) is 9.59 Å². The van der Waals surface area contributed by atoms with E-state index in [-0.39, 0.29) is 30.0 Å². The maximum atomic E-state index is 11.4. The summed E-state index contributed by atoms with van der Waals surface area (Å²) in [5, 5.41) is 26.0. The smallest absolute Gasteiger partial charge is 0.309 e. The van der Waals surface area contributed by atoms with E-state index >= 15 is 0 Å². The monoisotopic (exact) mass is 490 g/mol. The number of carboxylic acids is 1. The van der Waals surface area contributed by atoms with Crippen LogP contribution in [0.1, 0.15) is 54.9 Å². The number of benzene rings is 2. The molecule has 1 N–H and O–H groups in total. The third-order valence-corrected chi connectivity index (χ3v) is 6.30. The van der Waals surface area contributed by atoms with E-state index in [0.29, 0.717) is 43.8 Å².